The molecule has 0 unspecified atom stereocenters. The number of hydrogen-bond donors (Lipinski definition) is 4. The maximum atomic E-state index is 13.0. The predicted octanol–water partition coefficient (Wildman–Crippen LogP) is 4.70. The molecule has 2 heterocycles. The van der Waals surface area contributed by atoms with Crippen LogP contribution in [0.4, 0.5) is 10.6 Å². The van der Waals surface area contributed by atoms with E-state index in [1.54, 1.807) is 24.4 Å². The molecule has 0 saturated heterocycles. The van der Waals surface area contributed by atoms with E-state index in [1.165, 1.54) is 11.1 Å². The molecular weight excluding hydrogens is 468 g/mol. The molecule has 8 heteroatoms. The van der Waals surface area contributed by atoms with Gasteiger partial charge in [-0.1, -0.05) is 24.3 Å². The second-order valence-corrected chi connectivity index (χ2v) is 10.6. The molecule has 7 rings (SSSR count). The Hall–Kier alpha value is -4.07. The van der Waals surface area contributed by atoms with Gasteiger partial charge in [0.15, 0.2) is 0 Å². The minimum Gasteiger partial charge on any atom is -0.508 e. The number of anilines is 1. The molecule has 3 aromatic rings. The van der Waals surface area contributed by atoms with Crippen LogP contribution in [0.3, 0.4) is 0 Å². The van der Waals surface area contributed by atoms with Gasteiger partial charge in [-0.15, -0.1) is 0 Å². The van der Waals surface area contributed by atoms with Gasteiger partial charge < -0.3 is 25.8 Å². The highest BCUT2D eigenvalue weighted by atomic mass is 16.5. The van der Waals surface area contributed by atoms with Crippen molar-refractivity contribution in [3.8, 4) is 17.2 Å². The van der Waals surface area contributed by atoms with Gasteiger partial charge in [0.05, 0.1) is 11.6 Å². The second-order valence-electron chi connectivity index (χ2n) is 10.6. The smallest absolute Gasteiger partial charge is 0.315 e. The van der Waals surface area contributed by atoms with Crippen molar-refractivity contribution in [2.45, 2.75) is 56.0 Å². The predicted molar refractivity (Wildman–Crippen MR) is 137 cm³/mol. The highest BCUT2D eigenvalue weighted by Gasteiger charge is 2.80. The Morgan fingerprint density at radius 2 is 2.00 bits per heavy atom. The van der Waals surface area contributed by atoms with Crippen molar-refractivity contribution in [2.24, 2.45) is 5.92 Å². The molecule has 4 atom stereocenters. The molecule has 1 aromatic heterocycles. The Morgan fingerprint density at radius 3 is 2.89 bits per heavy atom. The Morgan fingerprint density at radius 1 is 1.11 bits per heavy atom. The molecule has 2 aromatic carbocycles. The SMILES string of the molecule is O=C1CCc2c(Oc3ccc(O)c([C@@H]4[C@@H]5C[C@@]45NC(=O)N[C@H]4CCCc5ccccc54)c3)ccnc2N1. The minimum absolute atomic E-state index is 0.0250. The number of aryl methyl sites for hydroxylation is 1. The molecular formula is C29H28N4O4. The number of ether oxygens (including phenoxy) is 1. The number of phenolic OH excluding ortho intramolecular Hbond substituents is 1. The molecule has 37 heavy (non-hydrogen) atoms. The average molecular weight is 497 g/mol. The topological polar surface area (TPSA) is 113 Å². The molecule has 8 nitrogen and oxygen atoms in total. The summed E-state index contributed by atoms with van der Waals surface area (Å²) in [5.41, 5.74) is 3.87. The largest absolute Gasteiger partial charge is 0.508 e. The molecule has 3 aliphatic carbocycles. The number of nitrogens with zero attached hydrogens (tertiary/aromatic N) is 1. The Kier molecular flexibility index (Phi) is 4.93. The summed E-state index contributed by atoms with van der Waals surface area (Å²) in [6, 6.07) is 15.2. The van der Waals surface area contributed by atoms with E-state index in [0.717, 1.165) is 36.8 Å². The fourth-order valence-electron chi connectivity index (χ4n) is 6.26. The monoisotopic (exact) mass is 496 g/mol. The maximum absolute atomic E-state index is 13.0. The molecule has 0 spiro atoms. The number of carbonyl (C=O) groups is 2. The number of hydrogen-bond acceptors (Lipinski definition) is 5. The first-order chi connectivity index (χ1) is 18.0. The van der Waals surface area contributed by atoms with Crippen LogP contribution < -0.4 is 20.7 Å². The van der Waals surface area contributed by atoms with Crippen LogP contribution in [-0.2, 0) is 17.6 Å². The van der Waals surface area contributed by atoms with Gasteiger partial charge >= 0.3 is 6.03 Å². The number of benzene rings is 2. The van der Waals surface area contributed by atoms with Crippen LogP contribution in [0.1, 0.15) is 59.9 Å². The number of nitrogens with one attached hydrogen (secondary N) is 3. The molecule has 4 N–H and O–H groups in total. The lowest BCUT2D eigenvalue weighted by Gasteiger charge is -2.27. The number of carbonyl (C=O) groups excluding carboxylic acids is 2. The van der Waals surface area contributed by atoms with Gasteiger partial charge in [0.1, 0.15) is 23.1 Å². The third-order valence-electron chi connectivity index (χ3n) is 8.36. The summed E-state index contributed by atoms with van der Waals surface area (Å²) in [4.78, 5) is 29.0. The lowest BCUT2D eigenvalue weighted by molar-refractivity contribution is -0.116. The first-order valence-corrected chi connectivity index (χ1v) is 13.0. The second kappa shape index (κ2) is 8.23. The summed E-state index contributed by atoms with van der Waals surface area (Å²) in [6.07, 6.45) is 6.53. The first-order valence-electron chi connectivity index (χ1n) is 13.0. The van der Waals surface area contributed by atoms with Gasteiger partial charge in [0, 0.05) is 29.7 Å². The van der Waals surface area contributed by atoms with Crippen molar-refractivity contribution in [1.29, 1.82) is 0 Å². The highest BCUT2D eigenvalue weighted by molar-refractivity contribution is 5.93. The van der Waals surface area contributed by atoms with Gasteiger partial charge in [-0.05, 0) is 73.4 Å². The van der Waals surface area contributed by atoms with Gasteiger partial charge in [-0.3, -0.25) is 4.79 Å². The lowest BCUT2D eigenvalue weighted by Crippen LogP contribution is -2.43. The van der Waals surface area contributed by atoms with Crippen molar-refractivity contribution in [3.63, 3.8) is 0 Å². The Balaban J connectivity index is 1.05. The quantitative estimate of drug-likeness (QED) is 0.409. The number of aromatic hydroxyl groups is 1. The van der Waals surface area contributed by atoms with E-state index >= 15 is 0 Å². The van der Waals surface area contributed by atoms with Gasteiger partial charge in [-0.2, -0.15) is 0 Å². The van der Waals surface area contributed by atoms with E-state index in [0.29, 0.717) is 36.1 Å². The summed E-state index contributed by atoms with van der Waals surface area (Å²) in [7, 11) is 0. The number of amides is 3. The highest BCUT2D eigenvalue weighted by Crippen LogP contribution is 2.77. The lowest BCUT2D eigenvalue weighted by atomic mass is 9.88. The number of urea groups is 1. The van der Waals surface area contributed by atoms with Gasteiger partial charge in [0.2, 0.25) is 5.91 Å². The van der Waals surface area contributed by atoms with Crippen molar-refractivity contribution < 1.29 is 19.4 Å². The summed E-state index contributed by atoms with van der Waals surface area (Å²) < 4.78 is 6.18. The molecule has 0 bridgehead atoms. The third kappa shape index (κ3) is 3.79. The van der Waals surface area contributed by atoms with Crippen molar-refractivity contribution in [3.05, 3.63) is 77.0 Å². The van der Waals surface area contributed by atoms with Crippen LogP contribution >= 0.6 is 0 Å². The molecule has 1 aliphatic heterocycles. The maximum Gasteiger partial charge on any atom is 0.315 e. The van der Waals surface area contributed by atoms with Crippen LogP contribution in [0.5, 0.6) is 17.2 Å². The molecule has 3 amide bonds. The molecule has 2 saturated carbocycles. The summed E-state index contributed by atoms with van der Waals surface area (Å²) in [6.45, 7) is 0. The molecule has 188 valence electrons. The van der Waals surface area contributed by atoms with Crippen molar-refractivity contribution in [1.82, 2.24) is 15.6 Å². The van der Waals surface area contributed by atoms with E-state index in [1.807, 2.05) is 12.1 Å². The average Bonchev–Trinajstić information content (AvgIpc) is 3.76. The zero-order valence-corrected chi connectivity index (χ0v) is 20.3. The summed E-state index contributed by atoms with van der Waals surface area (Å²) in [5, 5.41) is 19.8. The van der Waals surface area contributed by atoms with Crippen molar-refractivity contribution >= 4 is 17.8 Å². The summed E-state index contributed by atoms with van der Waals surface area (Å²) in [5.74, 6) is 2.31. The fourth-order valence-corrected chi connectivity index (χ4v) is 6.26. The Bertz CT molecular complexity index is 1440. The number of phenols is 1. The van der Waals surface area contributed by atoms with E-state index < -0.39 is 0 Å². The molecule has 4 aliphatic rings. The zero-order valence-electron chi connectivity index (χ0n) is 20.3. The zero-order chi connectivity index (χ0) is 25.1. The molecule has 0 radical (unpaired) electrons. The van der Waals surface area contributed by atoms with E-state index in [2.05, 4.69) is 39.1 Å². The number of fused-ring (bicyclic) bond motifs is 3. The fraction of sp³-hybridized carbons (Fsp3) is 0.345. The summed E-state index contributed by atoms with van der Waals surface area (Å²) >= 11 is 0. The third-order valence-corrected chi connectivity index (χ3v) is 8.36. The van der Waals surface area contributed by atoms with Crippen LogP contribution in [0.15, 0.2) is 54.7 Å². The van der Waals surface area contributed by atoms with E-state index in [-0.39, 0.29) is 35.2 Å². The van der Waals surface area contributed by atoms with Gasteiger partial charge in [0.25, 0.3) is 0 Å². The van der Waals surface area contributed by atoms with E-state index in [4.69, 9.17) is 4.74 Å². The number of aromatic nitrogens is 1. The van der Waals surface area contributed by atoms with Crippen LogP contribution in [0, 0.1) is 5.92 Å². The molecule has 2 fully saturated rings. The van der Waals surface area contributed by atoms with Gasteiger partial charge in [-0.25, -0.2) is 9.78 Å². The number of rotatable bonds is 5. The normalized spacial score (nSPS) is 26.6. The number of pyridine rings is 1. The minimum atomic E-state index is -0.297. The van der Waals surface area contributed by atoms with Crippen LogP contribution in [0.25, 0.3) is 0 Å². The Labute approximate surface area is 214 Å². The van der Waals surface area contributed by atoms with Crippen LogP contribution in [-0.4, -0.2) is 27.6 Å². The van der Waals surface area contributed by atoms with E-state index in [9.17, 15) is 14.7 Å². The van der Waals surface area contributed by atoms with Crippen molar-refractivity contribution in [2.75, 3.05) is 5.32 Å². The first kappa shape index (κ1) is 22.2. The standard InChI is InChI=1S/C29H28N4O4/c34-23-10-8-17(37-24-12-13-30-27-19(24)9-11-25(35)32-27)14-20(23)26-21-15-29(21,26)33-28(36)31-22-7-3-5-16-4-1-2-6-18(16)22/h1-2,4,6,8,10,12-14,21-22,26,34H,3,5,7,9,11,15H2,(H,30,32,35)(H2,31,33,36)/t21-,22-,26+,29-/m0/s1. The van der Waals surface area contributed by atoms with Crippen LogP contribution in [0.2, 0.25) is 0 Å².